The van der Waals surface area contributed by atoms with Gasteiger partial charge in [-0.15, -0.1) is 0 Å². The molecule has 0 saturated carbocycles. The van der Waals surface area contributed by atoms with Crippen LogP contribution in [-0.4, -0.2) is 11.7 Å². The van der Waals surface area contributed by atoms with Crippen molar-refractivity contribution < 1.29 is 9.59 Å². The Hall–Kier alpha value is -2.39. The average Bonchev–Trinajstić information content (AvgIpc) is 2.76. The summed E-state index contributed by atoms with van der Waals surface area (Å²) in [4.78, 5) is 24.2. The molecule has 98 valence electrons. The topological polar surface area (TPSA) is 46.2 Å². The molecule has 4 heteroatoms. The maximum atomic E-state index is 12.2. The minimum absolute atomic E-state index is 0.272. The van der Waals surface area contributed by atoms with Gasteiger partial charge < -0.3 is 5.32 Å². The Morgan fingerprint density at radius 2 is 1.75 bits per heavy atom. The van der Waals surface area contributed by atoms with Crippen molar-refractivity contribution in [1.82, 2.24) is 0 Å². The van der Waals surface area contributed by atoms with Crippen LogP contribution in [0.1, 0.15) is 15.9 Å². The molecule has 1 heterocycles. The van der Waals surface area contributed by atoms with Crippen LogP contribution in [0.15, 0.2) is 54.6 Å². The molecule has 20 heavy (non-hydrogen) atoms. The number of rotatable bonds is 2. The van der Waals surface area contributed by atoms with E-state index in [-0.39, 0.29) is 11.7 Å². The standard InChI is InChI=1S/C16H10ClNO2/c17-13-7-3-1-6-11(13)15(19)9-12-10-5-2-4-8-14(10)18-16(12)20/h1-9H,(H,18,20)/b12-9+. The molecule has 0 spiro atoms. The van der Waals surface area contributed by atoms with Gasteiger partial charge in [-0.3, -0.25) is 9.59 Å². The van der Waals surface area contributed by atoms with E-state index in [0.717, 1.165) is 11.3 Å². The lowest BCUT2D eigenvalue weighted by atomic mass is 10.0. The molecule has 0 bridgehead atoms. The summed E-state index contributed by atoms with van der Waals surface area (Å²) in [6, 6.07) is 14.0. The minimum atomic E-state index is -0.280. The lowest BCUT2D eigenvalue weighted by Gasteiger charge is -2.00. The number of hydrogen-bond acceptors (Lipinski definition) is 2. The van der Waals surface area contributed by atoms with Crippen molar-refractivity contribution in [3.05, 3.63) is 70.8 Å². The normalized spacial score (nSPS) is 15.1. The van der Waals surface area contributed by atoms with Gasteiger partial charge in [0.05, 0.1) is 10.6 Å². The lowest BCUT2D eigenvalue weighted by molar-refractivity contribution is -0.110. The van der Waals surface area contributed by atoms with Crippen molar-refractivity contribution in [2.24, 2.45) is 0 Å². The number of amides is 1. The van der Waals surface area contributed by atoms with E-state index in [9.17, 15) is 9.59 Å². The van der Waals surface area contributed by atoms with Gasteiger partial charge in [-0.05, 0) is 24.3 Å². The first kappa shape index (κ1) is 12.6. The number of fused-ring (bicyclic) bond motifs is 1. The summed E-state index contributed by atoms with van der Waals surface area (Å²) in [6.07, 6.45) is 1.34. The van der Waals surface area contributed by atoms with E-state index in [2.05, 4.69) is 5.32 Å². The molecule has 2 aromatic rings. The van der Waals surface area contributed by atoms with Crippen molar-refractivity contribution in [3.8, 4) is 0 Å². The summed E-state index contributed by atoms with van der Waals surface area (Å²) in [5.41, 5.74) is 2.21. The molecular formula is C16H10ClNO2. The molecular weight excluding hydrogens is 274 g/mol. The highest BCUT2D eigenvalue weighted by atomic mass is 35.5. The first-order valence-electron chi connectivity index (χ1n) is 6.08. The van der Waals surface area contributed by atoms with E-state index in [0.29, 0.717) is 16.2 Å². The number of nitrogens with one attached hydrogen (secondary N) is 1. The fourth-order valence-corrected chi connectivity index (χ4v) is 2.38. The third-order valence-electron chi connectivity index (χ3n) is 3.12. The fourth-order valence-electron chi connectivity index (χ4n) is 2.15. The average molecular weight is 284 g/mol. The third kappa shape index (κ3) is 2.12. The monoisotopic (exact) mass is 283 g/mol. The number of allylic oxidation sites excluding steroid dienone is 1. The molecule has 1 aliphatic heterocycles. The number of para-hydroxylation sites is 1. The Bertz CT molecular complexity index is 750. The molecule has 0 atom stereocenters. The zero-order chi connectivity index (χ0) is 14.1. The summed E-state index contributed by atoms with van der Waals surface area (Å²) in [6.45, 7) is 0. The number of carbonyl (C=O) groups excluding carboxylic acids is 2. The predicted molar refractivity (Wildman–Crippen MR) is 78.8 cm³/mol. The van der Waals surface area contributed by atoms with Crippen LogP contribution in [0, 0.1) is 0 Å². The van der Waals surface area contributed by atoms with E-state index in [4.69, 9.17) is 11.6 Å². The molecule has 3 rings (SSSR count). The SMILES string of the molecule is O=C1Nc2ccccc2/C1=C\C(=O)c1ccccc1Cl. The Morgan fingerprint density at radius 1 is 1.05 bits per heavy atom. The van der Waals surface area contributed by atoms with Crippen LogP contribution < -0.4 is 5.32 Å². The first-order valence-corrected chi connectivity index (χ1v) is 6.46. The minimum Gasteiger partial charge on any atom is -0.321 e. The van der Waals surface area contributed by atoms with Gasteiger partial charge in [0, 0.05) is 16.8 Å². The molecule has 0 saturated heterocycles. The molecule has 3 nitrogen and oxygen atoms in total. The molecule has 0 radical (unpaired) electrons. The third-order valence-corrected chi connectivity index (χ3v) is 3.45. The Labute approximate surface area is 120 Å². The fraction of sp³-hybridized carbons (Fsp3) is 0. The number of halogens is 1. The smallest absolute Gasteiger partial charge is 0.256 e. The summed E-state index contributed by atoms with van der Waals surface area (Å²) in [7, 11) is 0. The zero-order valence-corrected chi connectivity index (χ0v) is 11.1. The summed E-state index contributed by atoms with van der Waals surface area (Å²) >= 11 is 5.99. The van der Waals surface area contributed by atoms with Crippen LogP contribution in [0.25, 0.3) is 5.57 Å². The number of hydrogen-bond donors (Lipinski definition) is 1. The molecule has 0 aliphatic carbocycles. The van der Waals surface area contributed by atoms with Crippen molar-refractivity contribution in [3.63, 3.8) is 0 Å². The van der Waals surface area contributed by atoms with Gasteiger partial charge >= 0.3 is 0 Å². The van der Waals surface area contributed by atoms with Crippen molar-refractivity contribution >= 4 is 34.6 Å². The van der Waals surface area contributed by atoms with Crippen molar-refractivity contribution in [2.45, 2.75) is 0 Å². The van der Waals surface area contributed by atoms with Gasteiger partial charge in [-0.2, -0.15) is 0 Å². The van der Waals surface area contributed by atoms with E-state index in [1.54, 1.807) is 36.4 Å². The van der Waals surface area contributed by atoms with Gasteiger partial charge in [0.2, 0.25) is 0 Å². The van der Waals surface area contributed by atoms with E-state index < -0.39 is 0 Å². The van der Waals surface area contributed by atoms with E-state index >= 15 is 0 Å². The van der Waals surface area contributed by atoms with E-state index in [1.165, 1.54) is 6.08 Å². The quantitative estimate of drug-likeness (QED) is 0.677. The van der Waals surface area contributed by atoms with Crippen LogP contribution in [0.3, 0.4) is 0 Å². The zero-order valence-electron chi connectivity index (χ0n) is 10.4. The Kier molecular flexibility index (Phi) is 3.12. The maximum absolute atomic E-state index is 12.2. The molecule has 1 aliphatic rings. The van der Waals surface area contributed by atoms with Gasteiger partial charge in [0.15, 0.2) is 5.78 Å². The van der Waals surface area contributed by atoms with Crippen LogP contribution in [0.5, 0.6) is 0 Å². The lowest BCUT2D eigenvalue weighted by Crippen LogP contribution is -2.06. The number of benzene rings is 2. The van der Waals surface area contributed by atoms with E-state index in [1.807, 2.05) is 12.1 Å². The number of anilines is 1. The summed E-state index contributed by atoms with van der Waals surface area (Å²) in [5, 5.41) is 3.10. The highest BCUT2D eigenvalue weighted by Crippen LogP contribution is 2.31. The first-order chi connectivity index (χ1) is 9.66. The molecule has 0 unspecified atom stereocenters. The van der Waals surface area contributed by atoms with Crippen molar-refractivity contribution in [1.29, 1.82) is 0 Å². The van der Waals surface area contributed by atoms with Crippen LogP contribution in [0.2, 0.25) is 5.02 Å². The summed E-state index contributed by atoms with van der Waals surface area (Å²) in [5.74, 6) is -0.552. The van der Waals surface area contributed by atoms with Gasteiger partial charge in [-0.25, -0.2) is 0 Å². The predicted octanol–water partition coefficient (Wildman–Crippen LogP) is 3.56. The second-order valence-electron chi connectivity index (χ2n) is 4.40. The molecule has 1 amide bonds. The molecule has 0 aromatic heterocycles. The largest absolute Gasteiger partial charge is 0.321 e. The van der Waals surface area contributed by atoms with Crippen LogP contribution >= 0.6 is 11.6 Å². The second-order valence-corrected chi connectivity index (χ2v) is 4.81. The highest BCUT2D eigenvalue weighted by molar-refractivity contribution is 6.38. The second kappa shape index (κ2) is 4.94. The molecule has 1 N–H and O–H groups in total. The summed E-state index contributed by atoms with van der Waals surface area (Å²) < 4.78 is 0. The van der Waals surface area contributed by atoms with Gasteiger partial charge in [-0.1, -0.05) is 41.9 Å². The van der Waals surface area contributed by atoms with Crippen LogP contribution in [0.4, 0.5) is 5.69 Å². The maximum Gasteiger partial charge on any atom is 0.256 e. The molecule has 0 fully saturated rings. The van der Waals surface area contributed by atoms with Crippen LogP contribution in [-0.2, 0) is 4.79 Å². The van der Waals surface area contributed by atoms with Gasteiger partial charge in [0.25, 0.3) is 5.91 Å². The highest BCUT2D eigenvalue weighted by Gasteiger charge is 2.24. The Morgan fingerprint density at radius 3 is 2.55 bits per heavy atom. The number of ketones is 1. The Balaban J connectivity index is 2.03. The number of carbonyl (C=O) groups is 2. The van der Waals surface area contributed by atoms with Gasteiger partial charge in [0.1, 0.15) is 0 Å². The molecule has 2 aromatic carbocycles. The van der Waals surface area contributed by atoms with Crippen molar-refractivity contribution in [2.75, 3.05) is 5.32 Å².